The summed E-state index contributed by atoms with van der Waals surface area (Å²) in [4.78, 5) is 0. The lowest BCUT2D eigenvalue weighted by Crippen LogP contribution is -1.90. The topological polar surface area (TPSA) is 26.3 Å². The van der Waals surface area contributed by atoms with Crippen molar-refractivity contribution in [3.8, 4) is 33.4 Å². The van der Waals surface area contributed by atoms with Crippen molar-refractivity contribution in [2.45, 2.75) is 0 Å². The van der Waals surface area contributed by atoms with E-state index >= 15 is 0 Å². The lowest BCUT2D eigenvalue weighted by atomic mass is 9.85. The first-order valence-electron chi connectivity index (χ1n) is 18.5. The van der Waals surface area contributed by atoms with Crippen LogP contribution in [-0.4, -0.2) is 0 Å². The molecule has 2 nitrogen and oxygen atoms in total. The molecule has 0 saturated heterocycles. The van der Waals surface area contributed by atoms with Gasteiger partial charge in [0.15, 0.2) is 0 Å². The van der Waals surface area contributed by atoms with Gasteiger partial charge < -0.3 is 8.83 Å². The lowest BCUT2D eigenvalue weighted by Gasteiger charge is -2.18. The highest BCUT2D eigenvalue weighted by Gasteiger charge is 2.19. The molecule has 54 heavy (non-hydrogen) atoms. The second-order valence-electron chi connectivity index (χ2n) is 14.4. The minimum Gasteiger partial charge on any atom is -0.456 e. The Kier molecular flexibility index (Phi) is 6.09. The number of benzene rings is 10. The average Bonchev–Trinajstić information content (AvgIpc) is 3.81. The first-order valence-corrected chi connectivity index (χ1v) is 18.5. The van der Waals surface area contributed by atoms with Crippen molar-refractivity contribution in [1.82, 2.24) is 0 Å². The van der Waals surface area contributed by atoms with Crippen LogP contribution >= 0.6 is 0 Å². The summed E-state index contributed by atoms with van der Waals surface area (Å²) in [6, 6.07) is 65.7. The molecule has 250 valence electrons. The normalized spacial score (nSPS) is 12.1. The van der Waals surface area contributed by atoms with Crippen LogP contribution in [0.5, 0.6) is 0 Å². The second-order valence-corrected chi connectivity index (χ2v) is 14.4. The van der Waals surface area contributed by atoms with E-state index in [0.29, 0.717) is 0 Å². The van der Waals surface area contributed by atoms with E-state index in [1.165, 1.54) is 60.1 Å². The second kappa shape index (κ2) is 11.2. The van der Waals surface area contributed by atoms with Crippen molar-refractivity contribution < 1.29 is 8.83 Å². The van der Waals surface area contributed by atoms with Gasteiger partial charge in [-0.05, 0) is 114 Å². The Morgan fingerprint density at radius 2 is 0.759 bits per heavy atom. The van der Waals surface area contributed by atoms with E-state index in [1.54, 1.807) is 0 Å². The third kappa shape index (κ3) is 4.22. The molecule has 2 heteroatoms. The van der Waals surface area contributed by atoms with E-state index in [1.807, 2.05) is 24.3 Å². The fraction of sp³-hybridized carbons (Fsp3) is 0. The number of rotatable bonds is 3. The fourth-order valence-corrected chi connectivity index (χ4v) is 8.97. The average molecular weight is 687 g/mol. The van der Waals surface area contributed by atoms with Gasteiger partial charge in [-0.15, -0.1) is 0 Å². The molecule has 12 rings (SSSR count). The lowest BCUT2D eigenvalue weighted by molar-refractivity contribution is 0.664. The summed E-state index contributed by atoms with van der Waals surface area (Å²) in [5.41, 5.74) is 10.9. The smallest absolute Gasteiger partial charge is 0.143 e. The number of hydrogen-bond donors (Lipinski definition) is 0. The summed E-state index contributed by atoms with van der Waals surface area (Å²) in [5.74, 6) is 0. The maximum Gasteiger partial charge on any atom is 0.143 e. The third-order valence-corrected chi connectivity index (χ3v) is 11.4. The van der Waals surface area contributed by atoms with Gasteiger partial charge >= 0.3 is 0 Å². The molecule has 0 spiro atoms. The van der Waals surface area contributed by atoms with Crippen LogP contribution in [0.4, 0.5) is 0 Å². The monoisotopic (exact) mass is 686 g/mol. The summed E-state index contributed by atoms with van der Waals surface area (Å²) in [7, 11) is 0. The zero-order chi connectivity index (χ0) is 35.3. The van der Waals surface area contributed by atoms with Gasteiger partial charge in [-0.3, -0.25) is 0 Å². The van der Waals surface area contributed by atoms with Gasteiger partial charge in [0.05, 0.1) is 0 Å². The third-order valence-electron chi connectivity index (χ3n) is 11.4. The highest BCUT2D eigenvalue weighted by atomic mass is 16.3. The molecule has 0 aliphatic heterocycles. The van der Waals surface area contributed by atoms with Crippen molar-refractivity contribution in [3.63, 3.8) is 0 Å². The summed E-state index contributed by atoms with van der Waals surface area (Å²) in [5, 5.41) is 14.2. The molecule has 0 aliphatic carbocycles. The fourth-order valence-electron chi connectivity index (χ4n) is 8.97. The van der Waals surface area contributed by atoms with Gasteiger partial charge in [0, 0.05) is 26.9 Å². The number of hydrogen-bond acceptors (Lipinski definition) is 2. The Morgan fingerprint density at radius 3 is 1.46 bits per heavy atom. The Hall–Kier alpha value is -7.16. The summed E-state index contributed by atoms with van der Waals surface area (Å²) in [6.07, 6.45) is 0. The largest absolute Gasteiger partial charge is 0.456 e. The molecular weight excluding hydrogens is 657 g/mol. The van der Waals surface area contributed by atoms with E-state index in [4.69, 9.17) is 8.83 Å². The van der Waals surface area contributed by atoms with Crippen LogP contribution in [0.15, 0.2) is 191 Å². The zero-order valence-electron chi connectivity index (χ0n) is 29.1. The molecule has 0 saturated carbocycles. The van der Waals surface area contributed by atoms with Crippen molar-refractivity contribution in [2.24, 2.45) is 0 Å². The van der Waals surface area contributed by atoms with Gasteiger partial charge in [-0.1, -0.05) is 140 Å². The van der Waals surface area contributed by atoms with E-state index in [0.717, 1.165) is 60.2 Å². The predicted molar refractivity (Wildman–Crippen MR) is 227 cm³/mol. The standard InChI is InChI=1S/C52H30O2/c1-2-10-32(11-3-1)48-38-12-4-6-14-40(38)49(41-15-7-5-13-39(41)48)37-23-22-33-28-34(20-21-35(33)29-37)36-19-18-31-24-25-43-51-47(54-52(43)44(31)30-36)27-26-46-50(51)42-16-8-9-17-45(42)53-46/h1-30H. The van der Waals surface area contributed by atoms with Gasteiger partial charge in [0.1, 0.15) is 22.3 Å². The molecule has 0 amide bonds. The first-order chi connectivity index (χ1) is 26.8. The van der Waals surface area contributed by atoms with E-state index < -0.39 is 0 Å². The molecule has 0 radical (unpaired) electrons. The van der Waals surface area contributed by atoms with Gasteiger partial charge in [-0.25, -0.2) is 0 Å². The number of fused-ring (bicyclic) bond motifs is 12. The zero-order valence-corrected chi connectivity index (χ0v) is 29.1. The molecule has 12 aromatic rings. The van der Waals surface area contributed by atoms with Crippen LogP contribution in [-0.2, 0) is 0 Å². The number of para-hydroxylation sites is 1. The maximum atomic E-state index is 6.66. The van der Waals surface area contributed by atoms with Crippen LogP contribution < -0.4 is 0 Å². The first kappa shape index (κ1) is 29.4. The van der Waals surface area contributed by atoms with Crippen LogP contribution in [0, 0.1) is 0 Å². The minimum absolute atomic E-state index is 0.874. The Bertz CT molecular complexity index is 3430. The molecule has 2 heterocycles. The highest BCUT2D eigenvalue weighted by molar-refractivity contribution is 6.28. The summed E-state index contributed by atoms with van der Waals surface area (Å²) < 4.78 is 12.9. The summed E-state index contributed by atoms with van der Waals surface area (Å²) in [6.45, 7) is 0. The van der Waals surface area contributed by atoms with Gasteiger partial charge in [0.2, 0.25) is 0 Å². The van der Waals surface area contributed by atoms with Gasteiger partial charge in [-0.2, -0.15) is 0 Å². The Balaban J connectivity index is 1.00. The Morgan fingerprint density at radius 1 is 0.259 bits per heavy atom. The summed E-state index contributed by atoms with van der Waals surface area (Å²) >= 11 is 0. The number of furan rings is 2. The Labute approximate surface area is 310 Å². The molecule has 2 aromatic heterocycles. The molecule has 0 N–H and O–H groups in total. The van der Waals surface area contributed by atoms with Crippen LogP contribution in [0.2, 0.25) is 0 Å². The molecule has 0 unspecified atom stereocenters. The van der Waals surface area contributed by atoms with E-state index in [2.05, 4.69) is 158 Å². The van der Waals surface area contributed by atoms with E-state index in [9.17, 15) is 0 Å². The molecular formula is C52H30O2. The predicted octanol–water partition coefficient (Wildman–Crippen LogP) is 15.1. The highest BCUT2D eigenvalue weighted by Crippen LogP contribution is 2.45. The minimum atomic E-state index is 0.874. The van der Waals surface area contributed by atoms with Gasteiger partial charge in [0.25, 0.3) is 0 Å². The maximum absolute atomic E-state index is 6.66. The SMILES string of the molecule is c1ccc(-c2c3ccccc3c(-c3ccc4cc(-c5ccc6ccc7c(oc8ccc9oc%10ccccc%10c9c87)c6c5)ccc4c3)c3ccccc23)cc1. The molecule has 0 atom stereocenters. The van der Waals surface area contributed by atoms with Crippen LogP contribution in [0.3, 0.4) is 0 Å². The quantitative estimate of drug-likeness (QED) is 0.173. The van der Waals surface area contributed by atoms with Crippen molar-refractivity contribution in [3.05, 3.63) is 182 Å². The van der Waals surface area contributed by atoms with Crippen LogP contribution in [0.25, 0.3) is 120 Å². The van der Waals surface area contributed by atoms with Crippen molar-refractivity contribution in [1.29, 1.82) is 0 Å². The van der Waals surface area contributed by atoms with E-state index in [-0.39, 0.29) is 0 Å². The molecule has 0 aliphatic rings. The van der Waals surface area contributed by atoms with Crippen LogP contribution in [0.1, 0.15) is 0 Å². The molecule has 0 fully saturated rings. The van der Waals surface area contributed by atoms with Crippen molar-refractivity contribution in [2.75, 3.05) is 0 Å². The van der Waals surface area contributed by atoms with Crippen molar-refractivity contribution >= 4 is 87.0 Å². The molecule has 0 bridgehead atoms. The molecule has 10 aromatic carbocycles.